The van der Waals surface area contributed by atoms with Gasteiger partial charge in [0.1, 0.15) is 17.9 Å². The highest BCUT2D eigenvalue weighted by Gasteiger charge is 2.21. The molecule has 2 aliphatic heterocycles. The van der Waals surface area contributed by atoms with Crippen molar-refractivity contribution in [2.45, 2.75) is 79.9 Å². The number of rotatable bonds is 10. The first-order chi connectivity index (χ1) is 21.3. The maximum atomic E-state index is 11.7. The number of nitrogens with zero attached hydrogens (tertiary/aromatic N) is 3. The van der Waals surface area contributed by atoms with Gasteiger partial charge in [-0.3, -0.25) is 0 Å². The van der Waals surface area contributed by atoms with Crippen LogP contribution in [0.3, 0.4) is 0 Å². The molecule has 0 aliphatic carbocycles. The van der Waals surface area contributed by atoms with Gasteiger partial charge in [0.05, 0.1) is 18.5 Å². The van der Waals surface area contributed by atoms with E-state index >= 15 is 0 Å². The number of hydrogen-bond donors (Lipinski definition) is 2. The average Bonchev–Trinajstić information content (AvgIpc) is 3.46. The Morgan fingerprint density at radius 1 is 1.16 bits per heavy atom. The van der Waals surface area contributed by atoms with E-state index in [0.29, 0.717) is 24.7 Å². The lowest BCUT2D eigenvalue weighted by Gasteiger charge is -2.21. The zero-order valence-electron chi connectivity index (χ0n) is 26.7. The molecule has 1 fully saturated rings. The Labute approximate surface area is 260 Å². The molecule has 2 aliphatic rings. The Bertz CT molecular complexity index is 1470. The van der Waals surface area contributed by atoms with E-state index in [1.165, 1.54) is 46.8 Å². The number of carboxylic acids is 1. The number of aromatic carboxylic acids is 1. The largest absolute Gasteiger partial charge is 0.488 e. The quantitative estimate of drug-likeness (QED) is 0.193. The Balaban J connectivity index is 0.000000657. The molecular formula is C35H46N4O5. The lowest BCUT2D eigenvalue weighted by atomic mass is 9.94. The van der Waals surface area contributed by atoms with Crippen LogP contribution in [0.15, 0.2) is 53.9 Å². The van der Waals surface area contributed by atoms with Crippen molar-refractivity contribution in [3.63, 3.8) is 0 Å². The number of carbonyl (C=O) groups is 1. The number of ether oxygens (including phenoxy) is 3. The molecule has 0 atom stereocenters. The van der Waals surface area contributed by atoms with Crippen LogP contribution in [0, 0.1) is 6.92 Å². The van der Waals surface area contributed by atoms with Crippen LogP contribution in [0.2, 0.25) is 0 Å². The van der Waals surface area contributed by atoms with Crippen molar-refractivity contribution in [1.29, 1.82) is 0 Å². The summed E-state index contributed by atoms with van der Waals surface area (Å²) in [5.74, 6) is 0.302. The summed E-state index contributed by atoms with van der Waals surface area (Å²) >= 11 is 0. The molecule has 0 spiro atoms. The summed E-state index contributed by atoms with van der Waals surface area (Å²) in [5, 5.41) is 17.3. The lowest BCUT2D eigenvalue weighted by molar-refractivity contribution is 0.0692. The molecule has 236 valence electrons. The molecule has 3 aromatic rings. The van der Waals surface area contributed by atoms with Crippen LogP contribution in [0.5, 0.6) is 5.88 Å². The van der Waals surface area contributed by atoms with Crippen LogP contribution in [-0.4, -0.2) is 52.2 Å². The van der Waals surface area contributed by atoms with Crippen molar-refractivity contribution in [1.82, 2.24) is 20.1 Å². The zero-order valence-corrected chi connectivity index (χ0v) is 26.7. The predicted octanol–water partition coefficient (Wildman–Crippen LogP) is 6.81. The van der Waals surface area contributed by atoms with Crippen molar-refractivity contribution >= 4 is 11.5 Å². The molecule has 1 aromatic carbocycles. The molecule has 0 saturated carbocycles. The van der Waals surface area contributed by atoms with E-state index in [1.54, 1.807) is 13.0 Å². The number of carboxylic acid groups (broad SMARTS) is 1. The summed E-state index contributed by atoms with van der Waals surface area (Å²) in [4.78, 5) is 16.5. The van der Waals surface area contributed by atoms with Gasteiger partial charge in [0.2, 0.25) is 5.88 Å². The van der Waals surface area contributed by atoms with Gasteiger partial charge < -0.3 is 24.6 Å². The number of aryl methyl sites for hydroxylation is 1. The Morgan fingerprint density at radius 3 is 2.59 bits per heavy atom. The minimum absolute atomic E-state index is 0.00665. The number of allylic oxidation sites excluding steroid dienone is 3. The number of hydrogen-bond acceptors (Lipinski definition) is 7. The average molecular weight is 603 g/mol. The number of aromatic nitrogens is 3. The SMILES string of the molecule is C1CCOCC1.CC/C=C(\C(OCc1cc(C)c2c(c1)CCNC2)=C(C)C)c1cccc(-n2ncc(C(=O)O)c2OCC)n1. The maximum absolute atomic E-state index is 11.7. The number of benzene rings is 1. The Hall–Kier alpha value is -3.95. The topological polar surface area (TPSA) is 108 Å². The number of pyridine rings is 1. The van der Waals surface area contributed by atoms with Crippen molar-refractivity contribution < 1.29 is 24.1 Å². The smallest absolute Gasteiger partial charge is 0.342 e. The highest BCUT2D eigenvalue weighted by Crippen LogP contribution is 2.30. The molecule has 0 unspecified atom stereocenters. The van der Waals surface area contributed by atoms with E-state index in [-0.39, 0.29) is 11.4 Å². The molecule has 9 nitrogen and oxygen atoms in total. The van der Waals surface area contributed by atoms with Crippen LogP contribution >= 0.6 is 0 Å². The van der Waals surface area contributed by atoms with E-state index in [2.05, 4.69) is 42.5 Å². The minimum atomic E-state index is -1.10. The van der Waals surface area contributed by atoms with Crippen LogP contribution in [0.25, 0.3) is 11.4 Å². The van der Waals surface area contributed by atoms with Crippen LogP contribution in [0.1, 0.15) is 91.7 Å². The van der Waals surface area contributed by atoms with Crippen molar-refractivity contribution in [2.24, 2.45) is 0 Å². The molecular weight excluding hydrogens is 556 g/mol. The van der Waals surface area contributed by atoms with Crippen molar-refractivity contribution in [2.75, 3.05) is 26.4 Å². The number of nitrogens with one attached hydrogen (secondary N) is 1. The van der Waals surface area contributed by atoms with Gasteiger partial charge in [-0.05, 0) is 106 Å². The molecule has 4 heterocycles. The molecule has 0 radical (unpaired) electrons. The molecule has 2 N–H and O–H groups in total. The van der Waals surface area contributed by atoms with Crippen LogP contribution in [-0.2, 0) is 29.0 Å². The van der Waals surface area contributed by atoms with Gasteiger partial charge in [0.15, 0.2) is 5.82 Å². The van der Waals surface area contributed by atoms with E-state index in [1.807, 2.05) is 26.0 Å². The van der Waals surface area contributed by atoms with Gasteiger partial charge in [-0.2, -0.15) is 9.78 Å². The summed E-state index contributed by atoms with van der Waals surface area (Å²) in [5.41, 5.74) is 7.86. The second-order valence-corrected chi connectivity index (χ2v) is 11.2. The third-order valence-corrected chi connectivity index (χ3v) is 7.53. The fourth-order valence-corrected chi connectivity index (χ4v) is 5.43. The summed E-state index contributed by atoms with van der Waals surface area (Å²) < 4.78 is 18.6. The van der Waals surface area contributed by atoms with Crippen LogP contribution < -0.4 is 10.1 Å². The normalized spacial score (nSPS) is 14.6. The van der Waals surface area contributed by atoms with E-state index in [4.69, 9.17) is 19.2 Å². The fraction of sp³-hybridized carbons (Fsp3) is 0.457. The van der Waals surface area contributed by atoms with Gasteiger partial charge in [0, 0.05) is 25.3 Å². The Kier molecular flexibility index (Phi) is 12.1. The molecule has 9 heteroatoms. The molecule has 2 aromatic heterocycles. The molecule has 0 amide bonds. The predicted molar refractivity (Wildman–Crippen MR) is 172 cm³/mol. The molecule has 44 heavy (non-hydrogen) atoms. The summed E-state index contributed by atoms with van der Waals surface area (Å²) in [6.07, 6.45) is 9.14. The zero-order chi connectivity index (χ0) is 31.5. The molecule has 1 saturated heterocycles. The lowest BCUT2D eigenvalue weighted by Crippen LogP contribution is -2.24. The Morgan fingerprint density at radius 2 is 1.95 bits per heavy atom. The first-order valence-electron chi connectivity index (χ1n) is 15.7. The first-order valence-corrected chi connectivity index (χ1v) is 15.7. The van der Waals surface area contributed by atoms with Gasteiger partial charge in [-0.15, -0.1) is 0 Å². The van der Waals surface area contributed by atoms with Crippen molar-refractivity contribution in [3.8, 4) is 11.7 Å². The van der Waals surface area contributed by atoms with Crippen LogP contribution in [0.4, 0.5) is 0 Å². The molecule has 5 rings (SSSR count). The minimum Gasteiger partial charge on any atom is -0.488 e. The standard InChI is InChI=1S/C30H36N4O4.C5H10O/c1-6-9-23(26-10-8-11-27(33-26)34-29(37-7-2)25(17-32-34)30(35)36)28(19(3)4)38-18-21-14-20(5)24-16-31-13-12-22(24)15-21;1-2-4-6-5-3-1/h8-11,14-15,17,31H,6-7,12-13,16,18H2,1-5H3,(H,35,36);1-5H2/b23-9-;. The third kappa shape index (κ3) is 8.36. The molecule has 0 bridgehead atoms. The monoisotopic (exact) mass is 602 g/mol. The third-order valence-electron chi connectivity index (χ3n) is 7.53. The summed E-state index contributed by atoms with van der Waals surface area (Å²) in [6, 6.07) is 10.1. The fourth-order valence-electron chi connectivity index (χ4n) is 5.43. The van der Waals surface area contributed by atoms with Crippen molar-refractivity contribution in [3.05, 3.63) is 87.4 Å². The van der Waals surface area contributed by atoms with Gasteiger partial charge in [-0.1, -0.05) is 31.2 Å². The van der Waals surface area contributed by atoms with Gasteiger partial charge in [0.25, 0.3) is 0 Å². The summed E-state index contributed by atoms with van der Waals surface area (Å²) in [7, 11) is 0. The summed E-state index contributed by atoms with van der Waals surface area (Å²) in [6.45, 7) is 14.8. The van der Waals surface area contributed by atoms with Gasteiger partial charge >= 0.3 is 5.97 Å². The second-order valence-electron chi connectivity index (χ2n) is 11.2. The number of fused-ring (bicyclic) bond motifs is 1. The van der Waals surface area contributed by atoms with E-state index < -0.39 is 5.97 Å². The van der Waals surface area contributed by atoms with Gasteiger partial charge in [-0.25, -0.2) is 9.78 Å². The second kappa shape index (κ2) is 16.2. The highest BCUT2D eigenvalue weighted by atomic mass is 16.5. The van der Waals surface area contributed by atoms with E-state index in [0.717, 1.165) is 61.6 Å². The highest BCUT2D eigenvalue weighted by molar-refractivity contribution is 5.90. The maximum Gasteiger partial charge on any atom is 0.342 e. The first kappa shape index (κ1) is 33.0. The van der Waals surface area contributed by atoms with E-state index in [9.17, 15) is 9.90 Å².